The van der Waals surface area contributed by atoms with Crippen molar-refractivity contribution < 1.29 is 13.9 Å². The minimum absolute atomic E-state index is 0.196. The van der Waals surface area contributed by atoms with Crippen LogP contribution in [0, 0.1) is 12.7 Å². The first kappa shape index (κ1) is 19.5. The number of hydrogen-bond donors (Lipinski definition) is 0. The van der Waals surface area contributed by atoms with Crippen LogP contribution in [0.4, 0.5) is 4.39 Å². The normalized spacial score (nSPS) is 16.1. The van der Waals surface area contributed by atoms with E-state index in [1.54, 1.807) is 29.0 Å². The number of aromatic nitrogens is 3. The van der Waals surface area contributed by atoms with E-state index in [9.17, 15) is 9.18 Å². The van der Waals surface area contributed by atoms with Crippen LogP contribution in [0.2, 0.25) is 0 Å². The van der Waals surface area contributed by atoms with Crippen LogP contribution >= 0.6 is 0 Å². The molecule has 4 aromatic rings. The number of imidazole rings is 1. The molecule has 0 spiro atoms. The van der Waals surface area contributed by atoms with Gasteiger partial charge in [0, 0.05) is 36.7 Å². The van der Waals surface area contributed by atoms with Gasteiger partial charge in [0.05, 0.1) is 18.0 Å². The van der Waals surface area contributed by atoms with E-state index in [-0.39, 0.29) is 18.0 Å². The molecular formula is C24H22FN3O3. The lowest BCUT2D eigenvalue weighted by atomic mass is 10.0. The molecule has 1 aromatic carbocycles. The molecule has 158 valence electrons. The van der Waals surface area contributed by atoms with Crippen molar-refractivity contribution in [2.45, 2.75) is 25.9 Å². The van der Waals surface area contributed by atoms with E-state index in [1.807, 2.05) is 29.7 Å². The third-order valence-electron chi connectivity index (χ3n) is 5.68. The SMILES string of the molecule is Cc1c(C2CCOC2)nc2ccc(-n3ccc(OCc4ccc(F)cc4)cc3=O)cn12. The average Bonchev–Trinajstić information content (AvgIpc) is 3.41. The largest absolute Gasteiger partial charge is 0.489 e. The summed E-state index contributed by atoms with van der Waals surface area (Å²) < 4.78 is 27.8. The van der Waals surface area contributed by atoms with Gasteiger partial charge in [-0.15, -0.1) is 0 Å². The van der Waals surface area contributed by atoms with Crippen LogP contribution in [0.5, 0.6) is 5.75 Å². The Morgan fingerprint density at radius 2 is 2.03 bits per heavy atom. The highest BCUT2D eigenvalue weighted by Crippen LogP contribution is 2.28. The first-order valence-electron chi connectivity index (χ1n) is 10.3. The first-order valence-corrected chi connectivity index (χ1v) is 10.3. The summed E-state index contributed by atoms with van der Waals surface area (Å²) in [6.07, 6.45) is 4.61. The number of aryl methyl sites for hydroxylation is 1. The number of ether oxygens (including phenoxy) is 2. The van der Waals surface area contributed by atoms with Crippen LogP contribution < -0.4 is 10.3 Å². The van der Waals surface area contributed by atoms with Gasteiger partial charge >= 0.3 is 0 Å². The van der Waals surface area contributed by atoms with Gasteiger partial charge in [0.1, 0.15) is 23.8 Å². The molecule has 0 aliphatic carbocycles. The van der Waals surface area contributed by atoms with Gasteiger partial charge in [-0.1, -0.05) is 12.1 Å². The third kappa shape index (κ3) is 3.84. The molecule has 1 saturated heterocycles. The molecule has 5 rings (SSSR count). The molecule has 1 fully saturated rings. The molecule has 6 nitrogen and oxygen atoms in total. The van der Waals surface area contributed by atoms with E-state index < -0.39 is 0 Å². The van der Waals surface area contributed by atoms with Crippen molar-refractivity contribution in [3.05, 3.63) is 94.0 Å². The van der Waals surface area contributed by atoms with Crippen LogP contribution in [0.1, 0.15) is 29.3 Å². The Hall–Kier alpha value is -3.45. The lowest BCUT2D eigenvalue weighted by Gasteiger charge is -2.10. The Balaban J connectivity index is 1.39. The van der Waals surface area contributed by atoms with Gasteiger partial charge in [-0.05, 0) is 49.2 Å². The topological polar surface area (TPSA) is 57.8 Å². The van der Waals surface area contributed by atoms with E-state index in [2.05, 4.69) is 0 Å². The second-order valence-electron chi connectivity index (χ2n) is 7.74. The summed E-state index contributed by atoms with van der Waals surface area (Å²) in [5.41, 5.74) is 4.37. The third-order valence-corrected chi connectivity index (χ3v) is 5.68. The zero-order chi connectivity index (χ0) is 21.4. The van der Waals surface area contributed by atoms with Gasteiger partial charge in [0.25, 0.3) is 5.56 Å². The fraction of sp³-hybridized carbons (Fsp3) is 0.250. The number of hydrogen-bond acceptors (Lipinski definition) is 4. The van der Waals surface area contributed by atoms with E-state index in [1.165, 1.54) is 18.2 Å². The Morgan fingerprint density at radius 1 is 1.19 bits per heavy atom. The molecule has 1 atom stereocenters. The van der Waals surface area contributed by atoms with Gasteiger partial charge < -0.3 is 13.9 Å². The lowest BCUT2D eigenvalue weighted by Crippen LogP contribution is -2.17. The number of benzene rings is 1. The molecule has 4 heterocycles. The maximum atomic E-state index is 13.0. The summed E-state index contributed by atoms with van der Waals surface area (Å²) in [6, 6.07) is 13.1. The Kier molecular flexibility index (Phi) is 5.03. The quantitative estimate of drug-likeness (QED) is 0.490. The summed E-state index contributed by atoms with van der Waals surface area (Å²) in [6.45, 7) is 3.79. The molecule has 31 heavy (non-hydrogen) atoms. The average molecular weight is 419 g/mol. The zero-order valence-corrected chi connectivity index (χ0v) is 17.1. The zero-order valence-electron chi connectivity index (χ0n) is 17.1. The molecule has 0 saturated carbocycles. The molecule has 0 bridgehead atoms. The van der Waals surface area contributed by atoms with Crippen molar-refractivity contribution in [2.24, 2.45) is 0 Å². The Bertz CT molecular complexity index is 1290. The van der Waals surface area contributed by atoms with Crippen LogP contribution in [-0.2, 0) is 11.3 Å². The lowest BCUT2D eigenvalue weighted by molar-refractivity contribution is 0.193. The summed E-state index contributed by atoms with van der Waals surface area (Å²) in [5.74, 6) is 0.498. The van der Waals surface area contributed by atoms with Crippen molar-refractivity contribution in [3.63, 3.8) is 0 Å². The Labute approximate surface area is 178 Å². The molecular weight excluding hydrogens is 397 g/mol. The fourth-order valence-corrected chi connectivity index (χ4v) is 3.96. The highest BCUT2D eigenvalue weighted by atomic mass is 19.1. The second-order valence-corrected chi connectivity index (χ2v) is 7.74. The van der Waals surface area contributed by atoms with Crippen LogP contribution in [-0.4, -0.2) is 27.2 Å². The van der Waals surface area contributed by atoms with Crippen molar-refractivity contribution in [1.29, 1.82) is 0 Å². The summed E-state index contributed by atoms with van der Waals surface area (Å²) in [7, 11) is 0. The summed E-state index contributed by atoms with van der Waals surface area (Å²) in [4.78, 5) is 17.5. The predicted molar refractivity (Wildman–Crippen MR) is 114 cm³/mol. The standard InChI is InChI=1S/C24H22FN3O3/c1-16-24(18-9-11-30-15-18)26-22-7-6-20(13-28(16)22)27-10-8-21(12-23(27)29)31-14-17-2-4-19(25)5-3-17/h2-8,10,12-13,18H,9,11,14-15H2,1H3. The minimum atomic E-state index is -0.292. The van der Waals surface area contributed by atoms with Crippen molar-refractivity contribution in [2.75, 3.05) is 13.2 Å². The smallest absolute Gasteiger partial charge is 0.258 e. The van der Waals surface area contributed by atoms with Crippen LogP contribution in [0.3, 0.4) is 0 Å². The maximum Gasteiger partial charge on any atom is 0.258 e. The van der Waals surface area contributed by atoms with Crippen molar-refractivity contribution in [3.8, 4) is 11.4 Å². The van der Waals surface area contributed by atoms with Gasteiger partial charge in [-0.25, -0.2) is 9.37 Å². The molecule has 1 aliphatic heterocycles. The molecule has 0 amide bonds. The predicted octanol–water partition coefficient (Wildman–Crippen LogP) is 4.02. The molecule has 0 radical (unpaired) electrons. The molecule has 0 N–H and O–H groups in total. The van der Waals surface area contributed by atoms with Crippen LogP contribution in [0.25, 0.3) is 11.3 Å². The van der Waals surface area contributed by atoms with Gasteiger partial charge in [-0.2, -0.15) is 0 Å². The van der Waals surface area contributed by atoms with Gasteiger partial charge in [0.2, 0.25) is 0 Å². The first-order chi connectivity index (χ1) is 15.1. The van der Waals surface area contributed by atoms with Crippen molar-refractivity contribution in [1.82, 2.24) is 14.0 Å². The number of halogens is 1. The molecule has 3 aromatic heterocycles. The Morgan fingerprint density at radius 3 is 2.77 bits per heavy atom. The number of pyridine rings is 2. The van der Waals surface area contributed by atoms with Gasteiger partial charge in [0.15, 0.2) is 0 Å². The summed E-state index contributed by atoms with van der Waals surface area (Å²) >= 11 is 0. The highest BCUT2D eigenvalue weighted by molar-refractivity contribution is 5.49. The molecule has 1 aliphatic rings. The van der Waals surface area contributed by atoms with E-state index >= 15 is 0 Å². The fourth-order valence-electron chi connectivity index (χ4n) is 3.96. The number of rotatable bonds is 5. The number of fused-ring (bicyclic) bond motifs is 1. The van der Waals surface area contributed by atoms with Gasteiger partial charge in [-0.3, -0.25) is 9.36 Å². The molecule has 7 heteroatoms. The second kappa shape index (κ2) is 8.00. The summed E-state index contributed by atoms with van der Waals surface area (Å²) in [5, 5.41) is 0. The number of nitrogens with zero attached hydrogens (tertiary/aromatic N) is 3. The van der Waals surface area contributed by atoms with E-state index in [4.69, 9.17) is 14.5 Å². The van der Waals surface area contributed by atoms with Crippen molar-refractivity contribution >= 4 is 5.65 Å². The van der Waals surface area contributed by atoms with E-state index in [0.29, 0.717) is 18.3 Å². The maximum absolute atomic E-state index is 13.0. The van der Waals surface area contributed by atoms with E-state index in [0.717, 1.165) is 41.3 Å². The monoisotopic (exact) mass is 419 g/mol. The highest BCUT2D eigenvalue weighted by Gasteiger charge is 2.23. The van der Waals surface area contributed by atoms with Crippen LogP contribution in [0.15, 0.2) is 65.7 Å². The molecule has 1 unspecified atom stereocenters. The minimum Gasteiger partial charge on any atom is -0.489 e.